The maximum atomic E-state index is 13.0. The molecular weight excluding hydrogens is 364 g/mol. The van der Waals surface area contributed by atoms with E-state index >= 15 is 0 Å². The minimum Gasteiger partial charge on any atom is -0.467 e. The van der Waals surface area contributed by atoms with Crippen molar-refractivity contribution in [2.45, 2.75) is 31.8 Å². The minimum atomic E-state index is -0.0960. The van der Waals surface area contributed by atoms with Crippen molar-refractivity contribution in [3.63, 3.8) is 0 Å². The summed E-state index contributed by atoms with van der Waals surface area (Å²) in [6, 6.07) is 7.72. The first-order valence-electron chi connectivity index (χ1n) is 7.71. The smallest absolute Gasteiger partial charge is 0.274 e. The van der Waals surface area contributed by atoms with Crippen LogP contribution in [0.1, 0.15) is 42.1 Å². The molecule has 124 valence electrons. The van der Waals surface area contributed by atoms with Gasteiger partial charge < -0.3 is 9.32 Å². The van der Waals surface area contributed by atoms with Crippen LogP contribution in [0.3, 0.4) is 0 Å². The fourth-order valence-corrected chi connectivity index (χ4v) is 4.63. The van der Waals surface area contributed by atoms with Crippen molar-refractivity contribution >= 4 is 40.2 Å². The lowest BCUT2D eigenvalue weighted by Crippen LogP contribution is -2.35. The number of thiazole rings is 1. The zero-order valence-corrected chi connectivity index (χ0v) is 15.3. The van der Waals surface area contributed by atoms with Crippen molar-refractivity contribution in [2.75, 3.05) is 0 Å². The molecular formula is C17H15ClN2O2S2. The predicted octanol–water partition coefficient (Wildman–Crippen LogP) is 5.48. The van der Waals surface area contributed by atoms with Gasteiger partial charge in [-0.2, -0.15) is 0 Å². The third-order valence-corrected chi connectivity index (χ3v) is 6.30. The zero-order chi connectivity index (χ0) is 16.7. The third kappa shape index (κ3) is 3.01. The van der Waals surface area contributed by atoms with Crippen molar-refractivity contribution < 1.29 is 9.21 Å². The highest BCUT2D eigenvalue weighted by Crippen LogP contribution is 2.37. The van der Waals surface area contributed by atoms with Gasteiger partial charge in [-0.25, -0.2) is 4.98 Å². The van der Waals surface area contributed by atoms with Crippen molar-refractivity contribution in [3.05, 3.63) is 51.7 Å². The number of furan rings is 1. The Morgan fingerprint density at radius 1 is 1.42 bits per heavy atom. The van der Waals surface area contributed by atoms with Gasteiger partial charge in [0, 0.05) is 11.4 Å². The van der Waals surface area contributed by atoms with Crippen LogP contribution in [0.2, 0.25) is 4.34 Å². The van der Waals surface area contributed by atoms with Gasteiger partial charge in [-0.3, -0.25) is 4.79 Å². The summed E-state index contributed by atoms with van der Waals surface area (Å²) in [5.74, 6) is 0.766. The van der Waals surface area contributed by atoms with Crippen LogP contribution in [-0.2, 0) is 0 Å². The Bertz CT molecular complexity index is 852. The molecule has 24 heavy (non-hydrogen) atoms. The summed E-state index contributed by atoms with van der Waals surface area (Å²) in [7, 11) is 0. The molecule has 1 fully saturated rings. The van der Waals surface area contributed by atoms with Crippen LogP contribution < -0.4 is 0 Å². The summed E-state index contributed by atoms with van der Waals surface area (Å²) in [5.41, 5.74) is 0.491. The Hall–Kier alpha value is -1.63. The summed E-state index contributed by atoms with van der Waals surface area (Å²) in [6.07, 6.45) is 3.71. The quantitative estimate of drug-likeness (QED) is 0.590. The van der Waals surface area contributed by atoms with Crippen LogP contribution in [0.4, 0.5) is 0 Å². The van der Waals surface area contributed by atoms with E-state index in [0.29, 0.717) is 5.69 Å². The van der Waals surface area contributed by atoms with Crippen LogP contribution in [0, 0.1) is 0 Å². The van der Waals surface area contributed by atoms with E-state index in [9.17, 15) is 4.79 Å². The Kier molecular flexibility index (Phi) is 4.20. The molecule has 4 rings (SSSR count). The number of thiophene rings is 1. The molecule has 0 aliphatic heterocycles. The molecule has 1 saturated carbocycles. The molecule has 0 bridgehead atoms. The number of hydrogen-bond acceptors (Lipinski definition) is 5. The monoisotopic (exact) mass is 378 g/mol. The van der Waals surface area contributed by atoms with Gasteiger partial charge in [-0.15, -0.1) is 22.7 Å². The molecule has 7 heteroatoms. The van der Waals surface area contributed by atoms with Crippen LogP contribution >= 0.6 is 34.3 Å². The fourth-order valence-electron chi connectivity index (χ4n) is 2.72. The second-order valence-corrected chi connectivity index (χ2v) is 8.35. The van der Waals surface area contributed by atoms with Crippen molar-refractivity contribution in [2.24, 2.45) is 0 Å². The highest BCUT2D eigenvalue weighted by molar-refractivity contribution is 7.23. The van der Waals surface area contributed by atoms with E-state index in [1.165, 1.54) is 22.7 Å². The molecule has 4 nitrogen and oxygen atoms in total. The fraction of sp³-hybridized carbons (Fsp3) is 0.294. The van der Waals surface area contributed by atoms with Crippen LogP contribution in [0.5, 0.6) is 0 Å². The molecule has 1 aliphatic rings. The Morgan fingerprint density at radius 3 is 2.88 bits per heavy atom. The molecule has 0 radical (unpaired) electrons. The molecule has 3 aromatic rings. The largest absolute Gasteiger partial charge is 0.467 e. The molecule has 0 aromatic carbocycles. The standard InChI is InChI=1S/C17H15ClN2O2S2/c1-10(13-3-2-8-22-13)20(11-4-5-11)17(21)12-9-23-16(19-12)14-6-7-15(18)24-14/h2-3,6-11H,4-5H2,1H3. The first kappa shape index (κ1) is 15.9. The van der Waals surface area contributed by atoms with Gasteiger partial charge in [0.15, 0.2) is 0 Å². The summed E-state index contributed by atoms with van der Waals surface area (Å²) in [4.78, 5) is 20.4. The van der Waals surface area contributed by atoms with Gasteiger partial charge in [-0.05, 0) is 44.0 Å². The zero-order valence-electron chi connectivity index (χ0n) is 12.9. The Morgan fingerprint density at radius 2 is 2.25 bits per heavy atom. The van der Waals surface area contributed by atoms with Crippen molar-refractivity contribution in [1.29, 1.82) is 0 Å². The second kappa shape index (κ2) is 6.35. The average molecular weight is 379 g/mol. The molecule has 0 N–H and O–H groups in total. The number of carbonyl (C=O) groups is 1. The van der Waals surface area contributed by atoms with E-state index < -0.39 is 0 Å². The molecule has 0 saturated heterocycles. The number of nitrogens with zero attached hydrogens (tertiary/aromatic N) is 2. The molecule has 1 amide bonds. The molecule has 1 atom stereocenters. The van der Waals surface area contributed by atoms with Crippen molar-refractivity contribution in [1.82, 2.24) is 9.88 Å². The van der Waals surface area contributed by atoms with E-state index in [-0.39, 0.29) is 18.0 Å². The molecule has 3 aromatic heterocycles. The number of amides is 1. The number of hydrogen-bond donors (Lipinski definition) is 0. The maximum Gasteiger partial charge on any atom is 0.274 e. The summed E-state index contributed by atoms with van der Waals surface area (Å²) in [6.45, 7) is 2.00. The first-order chi connectivity index (χ1) is 11.6. The number of aromatic nitrogens is 1. The molecule has 1 aliphatic carbocycles. The van der Waals surface area contributed by atoms with Crippen LogP contribution in [-0.4, -0.2) is 21.8 Å². The number of halogens is 1. The van der Waals surface area contributed by atoms with Gasteiger partial charge in [-0.1, -0.05) is 11.6 Å². The topological polar surface area (TPSA) is 46.3 Å². The third-order valence-electron chi connectivity index (χ3n) is 4.05. The van der Waals surface area contributed by atoms with Crippen molar-refractivity contribution in [3.8, 4) is 9.88 Å². The summed E-state index contributed by atoms with van der Waals surface area (Å²) >= 11 is 8.93. The lowest BCUT2D eigenvalue weighted by atomic mass is 10.2. The lowest BCUT2D eigenvalue weighted by Gasteiger charge is -2.27. The number of carbonyl (C=O) groups excluding carboxylic acids is 1. The molecule has 1 unspecified atom stereocenters. The first-order valence-corrected chi connectivity index (χ1v) is 9.78. The molecule has 0 spiro atoms. The lowest BCUT2D eigenvalue weighted by molar-refractivity contribution is 0.0647. The maximum absolute atomic E-state index is 13.0. The van der Waals surface area contributed by atoms with Crippen LogP contribution in [0.25, 0.3) is 9.88 Å². The van der Waals surface area contributed by atoms with E-state index in [0.717, 1.165) is 32.8 Å². The Balaban J connectivity index is 1.60. The predicted molar refractivity (Wildman–Crippen MR) is 96.8 cm³/mol. The Labute approximate surface area is 152 Å². The van der Waals surface area contributed by atoms with Gasteiger partial charge in [0.1, 0.15) is 16.5 Å². The van der Waals surface area contributed by atoms with Gasteiger partial charge >= 0.3 is 0 Å². The average Bonchev–Trinajstić information content (AvgIpc) is 3.04. The highest BCUT2D eigenvalue weighted by atomic mass is 35.5. The summed E-state index contributed by atoms with van der Waals surface area (Å²) < 4.78 is 6.21. The van der Waals surface area contributed by atoms with Gasteiger partial charge in [0.25, 0.3) is 5.91 Å². The second-order valence-electron chi connectivity index (χ2n) is 5.78. The highest BCUT2D eigenvalue weighted by Gasteiger charge is 2.38. The van der Waals surface area contributed by atoms with E-state index in [4.69, 9.17) is 16.0 Å². The number of rotatable bonds is 5. The minimum absolute atomic E-state index is 0.0356. The van der Waals surface area contributed by atoms with Gasteiger partial charge in [0.2, 0.25) is 0 Å². The van der Waals surface area contributed by atoms with Crippen LogP contribution in [0.15, 0.2) is 40.3 Å². The van der Waals surface area contributed by atoms with E-state index in [2.05, 4.69) is 4.98 Å². The van der Waals surface area contributed by atoms with E-state index in [1.807, 2.05) is 41.5 Å². The summed E-state index contributed by atoms with van der Waals surface area (Å²) in [5, 5.41) is 2.66. The SMILES string of the molecule is CC(c1ccco1)N(C(=O)c1csc(-c2ccc(Cl)s2)n1)C1CC1. The normalized spacial score (nSPS) is 15.4. The van der Waals surface area contributed by atoms with E-state index in [1.54, 1.807) is 6.26 Å². The van der Waals surface area contributed by atoms with Gasteiger partial charge in [0.05, 0.1) is 21.5 Å². The molecule has 3 heterocycles.